The van der Waals surface area contributed by atoms with Crippen LogP contribution in [0.3, 0.4) is 0 Å². The third kappa shape index (κ3) is 5.72. The number of methoxy groups -OCH3 is 1. The van der Waals surface area contributed by atoms with E-state index in [4.69, 9.17) is 4.74 Å². The minimum Gasteiger partial charge on any atom is -0.481 e. The molecule has 2 aromatic rings. The number of hydrogen-bond donors (Lipinski definition) is 3. The van der Waals surface area contributed by atoms with Crippen molar-refractivity contribution in [3.8, 4) is 5.88 Å². The minimum absolute atomic E-state index is 0.0467. The van der Waals surface area contributed by atoms with Crippen LogP contribution in [0.15, 0.2) is 12.1 Å². The van der Waals surface area contributed by atoms with Crippen LogP contribution in [0.25, 0.3) is 0 Å². The molecule has 3 unspecified atom stereocenters. The Morgan fingerprint density at radius 2 is 2.03 bits per heavy atom. The van der Waals surface area contributed by atoms with Crippen LogP contribution in [0, 0.1) is 0 Å². The van der Waals surface area contributed by atoms with Gasteiger partial charge in [-0.1, -0.05) is 20.3 Å². The number of nitrogens with zero attached hydrogens (tertiary/aromatic N) is 5. The number of carbonyl (C=O) groups is 1. The Kier molecular flexibility index (Phi) is 8.59. The van der Waals surface area contributed by atoms with E-state index in [0.717, 1.165) is 6.42 Å². The van der Waals surface area contributed by atoms with Crippen molar-refractivity contribution in [2.75, 3.05) is 24.4 Å². The number of carbonyl (C=O) groups excluding carboxylic acids is 1. The van der Waals surface area contributed by atoms with Gasteiger partial charge in [0.05, 0.1) is 19.4 Å². The Balaban J connectivity index is 1.85. The van der Waals surface area contributed by atoms with Gasteiger partial charge in [-0.05, 0) is 25.7 Å². The molecule has 0 aromatic carbocycles. The molecule has 0 saturated carbocycles. The van der Waals surface area contributed by atoms with Gasteiger partial charge in [0.25, 0.3) is 5.91 Å². The zero-order chi connectivity index (χ0) is 24.8. The molecule has 2 aromatic heterocycles. The van der Waals surface area contributed by atoms with Gasteiger partial charge in [0, 0.05) is 37.3 Å². The van der Waals surface area contributed by atoms with Crippen LogP contribution < -0.4 is 15.0 Å². The number of H-pyrrole nitrogens is 1. The second-order valence-electron chi connectivity index (χ2n) is 8.44. The highest BCUT2D eigenvalue weighted by molar-refractivity contribution is 5.80. The highest BCUT2D eigenvalue weighted by atomic mass is 19.3. The van der Waals surface area contributed by atoms with Crippen molar-refractivity contribution in [2.45, 2.75) is 77.1 Å². The van der Waals surface area contributed by atoms with Gasteiger partial charge >= 0.3 is 6.43 Å². The lowest BCUT2D eigenvalue weighted by molar-refractivity contribution is -0.151. The fourth-order valence-electron chi connectivity index (χ4n) is 4.53. The summed E-state index contributed by atoms with van der Waals surface area (Å²) in [6.45, 7) is 3.73. The van der Waals surface area contributed by atoms with Crippen molar-refractivity contribution in [1.82, 2.24) is 25.1 Å². The number of rotatable bonds is 10. The van der Waals surface area contributed by atoms with Crippen molar-refractivity contribution in [3.05, 3.63) is 17.8 Å². The Morgan fingerprint density at radius 3 is 2.62 bits per heavy atom. The Bertz CT molecular complexity index is 958. The monoisotopic (exact) mass is 481 g/mol. The zero-order valence-electron chi connectivity index (χ0n) is 20.0. The molecule has 3 N–H and O–H groups in total. The summed E-state index contributed by atoms with van der Waals surface area (Å²) in [4.78, 5) is 24.7. The molecule has 1 saturated heterocycles. The summed E-state index contributed by atoms with van der Waals surface area (Å²) in [7, 11) is 3.37. The van der Waals surface area contributed by atoms with Crippen molar-refractivity contribution in [3.63, 3.8) is 0 Å². The number of amides is 1. The summed E-state index contributed by atoms with van der Waals surface area (Å²) in [6.07, 6.45) is 0.0917. The number of alkyl halides is 2. The number of ether oxygens (including phenoxy) is 1. The smallest absolute Gasteiger partial charge is 0.315 e. The van der Waals surface area contributed by atoms with Crippen molar-refractivity contribution < 1.29 is 23.4 Å². The van der Waals surface area contributed by atoms with Crippen molar-refractivity contribution >= 4 is 23.5 Å². The van der Waals surface area contributed by atoms with Crippen LogP contribution in [0.4, 0.5) is 26.4 Å². The molecule has 1 aliphatic rings. The lowest BCUT2D eigenvalue weighted by Gasteiger charge is -2.47. The van der Waals surface area contributed by atoms with Crippen LogP contribution in [0.2, 0.25) is 0 Å². The number of piperidine rings is 1. The van der Waals surface area contributed by atoms with E-state index >= 15 is 0 Å². The number of nitrogens with one attached hydrogen (secondary N) is 2. The quantitative estimate of drug-likeness (QED) is 0.474. The van der Waals surface area contributed by atoms with E-state index < -0.39 is 12.3 Å². The minimum atomic E-state index is -3.01. The molecule has 3 rings (SSSR count). The predicted molar refractivity (Wildman–Crippen MR) is 123 cm³/mol. The van der Waals surface area contributed by atoms with E-state index in [9.17, 15) is 18.7 Å². The molecule has 0 radical (unpaired) electrons. The molecule has 1 amide bonds. The van der Waals surface area contributed by atoms with Crippen molar-refractivity contribution in [1.29, 1.82) is 0 Å². The number of anilines is 3. The van der Waals surface area contributed by atoms with E-state index in [1.165, 1.54) is 12.0 Å². The van der Waals surface area contributed by atoms with Crippen LogP contribution in [-0.2, 0) is 11.4 Å². The normalized spacial score (nSPS) is 20.5. The summed E-state index contributed by atoms with van der Waals surface area (Å²) < 4.78 is 32.0. The summed E-state index contributed by atoms with van der Waals surface area (Å²) in [6, 6.07) is 2.68. The lowest BCUT2D eigenvalue weighted by atomic mass is 9.87. The Labute approximate surface area is 197 Å². The maximum Gasteiger partial charge on any atom is 0.315 e. The molecule has 3 heterocycles. The van der Waals surface area contributed by atoms with Gasteiger partial charge in [0.15, 0.2) is 5.82 Å². The van der Waals surface area contributed by atoms with Gasteiger partial charge in [-0.25, -0.2) is 0 Å². The van der Waals surface area contributed by atoms with Crippen molar-refractivity contribution in [2.24, 2.45) is 0 Å². The standard InChI is InChI=1S/C22H33F2N7O3/c1-5-7-15-10-16(9-14(6-2)31(15)21(33)20(23)24)30(3)22-26-17(11-19(27-22)34-4)25-18-8-13(12-32)28-29-18/h8,11,14-16,20,32H,5-7,9-10,12H2,1-4H3,(H2,25,26,27,28,29). The topological polar surface area (TPSA) is 120 Å². The Hall–Kier alpha value is -3.02. The first-order valence-electron chi connectivity index (χ1n) is 11.5. The number of aromatic amines is 1. The largest absolute Gasteiger partial charge is 0.481 e. The van der Waals surface area contributed by atoms with E-state index in [1.54, 1.807) is 12.1 Å². The van der Waals surface area contributed by atoms with E-state index in [1.807, 2.05) is 25.8 Å². The number of likely N-dealkylation sites (tertiary alicyclic amines) is 1. The summed E-state index contributed by atoms with van der Waals surface area (Å²) in [5, 5.41) is 19.1. The number of hydrogen-bond acceptors (Lipinski definition) is 8. The van der Waals surface area contributed by atoms with Crippen LogP contribution in [-0.4, -0.2) is 74.8 Å². The third-order valence-corrected chi connectivity index (χ3v) is 6.23. The fraction of sp³-hybridized carbons (Fsp3) is 0.636. The highest BCUT2D eigenvalue weighted by Crippen LogP contribution is 2.33. The molecular formula is C22H33F2N7O3. The third-order valence-electron chi connectivity index (χ3n) is 6.23. The molecule has 34 heavy (non-hydrogen) atoms. The zero-order valence-corrected chi connectivity index (χ0v) is 20.0. The van der Waals surface area contributed by atoms with Gasteiger partial charge in [0.2, 0.25) is 11.8 Å². The SMILES string of the molecule is CCCC1CC(N(C)c2nc(Nc3cc(CO)[nH]n3)cc(OC)n2)CC(CC)N1C(=O)C(F)F. The van der Waals surface area contributed by atoms with E-state index in [2.05, 4.69) is 25.5 Å². The Morgan fingerprint density at radius 1 is 1.29 bits per heavy atom. The molecule has 1 fully saturated rings. The molecule has 0 aliphatic carbocycles. The van der Waals surface area contributed by atoms with Gasteiger partial charge in [-0.15, -0.1) is 0 Å². The molecule has 188 valence electrons. The maximum absolute atomic E-state index is 13.3. The second kappa shape index (κ2) is 11.4. The first-order valence-corrected chi connectivity index (χ1v) is 11.5. The second-order valence-corrected chi connectivity index (χ2v) is 8.44. The maximum atomic E-state index is 13.3. The van der Waals surface area contributed by atoms with E-state index in [-0.39, 0.29) is 24.7 Å². The average molecular weight is 482 g/mol. The summed E-state index contributed by atoms with van der Waals surface area (Å²) in [5.74, 6) is 0.596. The van der Waals surface area contributed by atoms with E-state index in [0.29, 0.717) is 54.8 Å². The van der Waals surface area contributed by atoms with Gasteiger partial charge < -0.3 is 25.0 Å². The molecule has 1 aliphatic heterocycles. The molecule has 0 spiro atoms. The predicted octanol–water partition coefficient (Wildman–Crippen LogP) is 3.08. The average Bonchev–Trinajstić information content (AvgIpc) is 3.29. The number of aliphatic hydroxyl groups excluding tert-OH is 1. The van der Waals surface area contributed by atoms with Crippen LogP contribution >= 0.6 is 0 Å². The van der Waals surface area contributed by atoms with Gasteiger partial charge in [-0.3, -0.25) is 9.89 Å². The number of aromatic nitrogens is 4. The van der Waals surface area contributed by atoms with Crippen LogP contribution in [0.1, 0.15) is 51.6 Å². The highest BCUT2D eigenvalue weighted by Gasteiger charge is 2.41. The summed E-state index contributed by atoms with van der Waals surface area (Å²) in [5.41, 5.74) is 0.554. The lowest BCUT2D eigenvalue weighted by Crippen LogP contribution is -2.57. The van der Waals surface area contributed by atoms with Gasteiger partial charge in [0.1, 0.15) is 5.82 Å². The van der Waals surface area contributed by atoms with Crippen LogP contribution in [0.5, 0.6) is 5.88 Å². The molecule has 3 atom stereocenters. The molecule has 10 nitrogen and oxygen atoms in total. The van der Waals surface area contributed by atoms with Gasteiger partial charge in [-0.2, -0.15) is 23.8 Å². The first kappa shape index (κ1) is 25.6. The molecule has 12 heteroatoms. The molecular weight excluding hydrogens is 448 g/mol. The number of halogens is 2. The summed E-state index contributed by atoms with van der Waals surface area (Å²) >= 11 is 0. The first-order chi connectivity index (χ1) is 16.3. The fourth-order valence-corrected chi connectivity index (χ4v) is 4.53. The molecule has 0 bridgehead atoms. The number of aliphatic hydroxyl groups is 1.